The SMILES string of the molecule is CCCCCCCCCCC/C=C/CCCCCC[N+](CCCCCC/C=C/CCCCCCCCCCC)(Cc1ccccc1)Cc1ccccc1. The molecule has 0 atom stereocenters. The van der Waals surface area contributed by atoms with Gasteiger partial charge < -0.3 is 4.48 Å². The third kappa shape index (κ3) is 28.0. The molecule has 0 aliphatic heterocycles. The minimum atomic E-state index is 1.15. The molecular weight excluding hydrogens is 639 g/mol. The molecule has 0 spiro atoms. The van der Waals surface area contributed by atoms with Gasteiger partial charge in [0.15, 0.2) is 0 Å². The van der Waals surface area contributed by atoms with Gasteiger partial charge in [0.25, 0.3) is 0 Å². The topological polar surface area (TPSA) is 0 Å². The van der Waals surface area contributed by atoms with E-state index in [0.717, 1.165) is 13.1 Å². The highest BCUT2D eigenvalue weighted by Gasteiger charge is 2.27. The van der Waals surface area contributed by atoms with Gasteiger partial charge in [0, 0.05) is 11.1 Å². The van der Waals surface area contributed by atoms with Crippen LogP contribution >= 0.6 is 0 Å². The summed E-state index contributed by atoms with van der Waals surface area (Å²) in [5.41, 5.74) is 3.00. The van der Waals surface area contributed by atoms with Crippen LogP contribution in [-0.4, -0.2) is 17.6 Å². The molecule has 0 saturated heterocycles. The van der Waals surface area contributed by atoms with Crippen LogP contribution in [0, 0.1) is 0 Å². The van der Waals surface area contributed by atoms with Crippen LogP contribution in [0.1, 0.15) is 218 Å². The lowest BCUT2D eigenvalue weighted by atomic mass is 10.0. The summed E-state index contributed by atoms with van der Waals surface area (Å²) in [7, 11) is 0. The van der Waals surface area contributed by atoms with Gasteiger partial charge in [-0.25, -0.2) is 0 Å². The van der Waals surface area contributed by atoms with Crippen molar-refractivity contribution in [3.05, 3.63) is 96.1 Å². The molecule has 1 heteroatoms. The third-order valence-corrected chi connectivity index (χ3v) is 11.5. The molecule has 2 rings (SSSR count). The number of rotatable bonds is 38. The minimum absolute atomic E-state index is 1.15. The van der Waals surface area contributed by atoms with E-state index in [1.807, 2.05) is 0 Å². The molecule has 0 fully saturated rings. The molecule has 0 aliphatic rings. The van der Waals surface area contributed by atoms with Crippen molar-refractivity contribution in [3.63, 3.8) is 0 Å². The lowest BCUT2D eigenvalue weighted by Gasteiger charge is -2.39. The highest BCUT2D eigenvalue weighted by Crippen LogP contribution is 2.24. The van der Waals surface area contributed by atoms with E-state index in [4.69, 9.17) is 0 Å². The monoisotopic (exact) mass is 727 g/mol. The quantitative estimate of drug-likeness (QED) is 0.0367. The van der Waals surface area contributed by atoms with Gasteiger partial charge in [0.1, 0.15) is 13.1 Å². The van der Waals surface area contributed by atoms with E-state index in [0.29, 0.717) is 0 Å². The van der Waals surface area contributed by atoms with Gasteiger partial charge in [-0.2, -0.15) is 0 Å². The van der Waals surface area contributed by atoms with Crippen molar-refractivity contribution >= 4 is 0 Å². The number of quaternary nitrogens is 1. The third-order valence-electron chi connectivity index (χ3n) is 11.5. The summed E-state index contributed by atoms with van der Waals surface area (Å²) in [5, 5.41) is 0. The molecule has 0 bridgehead atoms. The van der Waals surface area contributed by atoms with Crippen LogP contribution in [0.2, 0.25) is 0 Å². The molecule has 2 aromatic rings. The summed E-state index contributed by atoms with van der Waals surface area (Å²) >= 11 is 0. The van der Waals surface area contributed by atoms with Crippen LogP contribution in [0.3, 0.4) is 0 Å². The van der Waals surface area contributed by atoms with Crippen molar-refractivity contribution in [1.29, 1.82) is 0 Å². The van der Waals surface area contributed by atoms with Crippen molar-refractivity contribution in [1.82, 2.24) is 0 Å². The Hall–Kier alpha value is -2.12. The van der Waals surface area contributed by atoms with Crippen LogP contribution in [0.4, 0.5) is 0 Å². The van der Waals surface area contributed by atoms with E-state index in [2.05, 4.69) is 98.8 Å². The summed E-state index contributed by atoms with van der Waals surface area (Å²) in [6, 6.07) is 22.7. The second kappa shape index (κ2) is 35.6. The molecule has 0 unspecified atom stereocenters. The molecule has 300 valence electrons. The first-order valence-corrected chi connectivity index (χ1v) is 23.5. The van der Waals surface area contributed by atoms with E-state index < -0.39 is 0 Å². The highest BCUT2D eigenvalue weighted by molar-refractivity contribution is 5.15. The second-order valence-corrected chi connectivity index (χ2v) is 16.7. The Morgan fingerprint density at radius 2 is 0.585 bits per heavy atom. The Balaban J connectivity index is 1.70. The van der Waals surface area contributed by atoms with Crippen molar-refractivity contribution in [2.45, 2.75) is 220 Å². The molecule has 0 radical (unpaired) electrons. The Bertz CT molecular complexity index is 981. The molecular formula is C52H88N+. The fourth-order valence-corrected chi connectivity index (χ4v) is 8.17. The maximum Gasteiger partial charge on any atom is 0.105 e. The van der Waals surface area contributed by atoms with Crippen LogP contribution in [-0.2, 0) is 13.1 Å². The van der Waals surface area contributed by atoms with E-state index in [1.54, 1.807) is 0 Å². The fourth-order valence-electron chi connectivity index (χ4n) is 8.17. The Kier molecular flexibility index (Phi) is 31.6. The summed E-state index contributed by atoms with van der Waals surface area (Å²) in [6.07, 6.45) is 51.4. The fraction of sp³-hybridized carbons (Fsp3) is 0.692. The zero-order valence-corrected chi connectivity index (χ0v) is 35.6. The van der Waals surface area contributed by atoms with E-state index >= 15 is 0 Å². The minimum Gasteiger partial charge on any atom is -0.316 e. The number of hydrogen-bond donors (Lipinski definition) is 0. The largest absolute Gasteiger partial charge is 0.316 e. The molecule has 0 heterocycles. The van der Waals surface area contributed by atoms with E-state index in [9.17, 15) is 0 Å². The first-order chi connectivity index (χ1) is 26.3. The van der Waals surface area contributed by atoms with Gasteiger partial charge >= 0.3 is 0 Å². The number of unbranched alkanes of at least 4 members (excludes halogenated alkanes) is 26. The molecule has 0 amide bonds. The molecule has 0 aromatic heterocycles. The summed E-state index contributed by atoms with van der Waals surface area (Å²) in [5.74, 6) is 0. The molecule has 2 aromatic carbocycles. The lowest BCUT2D eigenvalue weighted by molar-refractivity contribution is -0.954. The molecule has 0 saturated carbocycles. The van der Waals surface area contributed by atoms with Gasteiger partial charge in [-0.05, 0) is 77.0 Å². The van der Waals surface area contributed by atoms with Crippen molar-refractivity contribution in [3.8, 4) is 0 Å². The zero-order valence-electron chi connectivity index (χ0n) is 35.6. The van der Waals surface area contributed by atoms with Crippen LogP contribution in [0.25, 0.3) is 0 Å². The summed E-state index contributed by atoms with van der Waals surface area (Å²) in [4.78, 5) is 0. The Morgan fingerprint density at radius 1 is 0.321 bits per heavy atom. The maximum atomic E-state index is 2.48. The van der Waals surface area contributed by atoms with Crippen molar-refractivity contribution < 1.29 is 4.48 Å². The second-order valence-electron chi connectivity index (χ2n) is 16.7. The van der Waals surface area contributed by atoms with Crippen LogP contribution in [0.5, 0.6) is 0 Å². The smallest absolute Gasteiger partial charge is 0.105 e. The van der Waals surface area contributed by atoms with Crippen molar-refractivity contribution in [2.75, 3.05) is 13.1 Å². The van der Waals surface area contributed by atoms with E-state index in [-0.39, 0.29) is 0 Å². The Morgan fingerprint density at radius 3 is 0.887 bits per heavy atom. The maximum absolute atomic E-state index is 2.48. The van der Waals surface area contributed by atoms with Crippen molar-refractivity contribution in [2.24, 2.45) is 0 Å². The van der Waals surface area contributed by atoms with Gasteiger partial charge in [-0.3, -0.25) is 0 Å². The predicted octanol–water partition coefficient (Wildman–Crippen LogP) is 17.1. The first kappa shape index (κ1) is 47.0. The van der Waals surface area contributed by atoms with Gasteiger partial charge in [0.2, 0.25) is 0 Å². The van der Waals surface area contributed by atoms with E-state index in [1.165, 1.54) is 221 Å². The predicted molar refractivity (Wildman–Crippen MR) is 238 cm³/mol. The lowest BCUT2D eigenvalue weighted by Crippen LogP contribution is -2.48. The Labute approximate surface area is 332 Å². The number of hydrogen-bond acceptors (Lipinski definition) is 0. The van der Waals surface area contributed by atoms with Crippen LogP contribution < -0.4 is 0 Å². The standard InChI is InChI=1S/C52H88N/c1-3-5-7-9-11-13-15-17-19-21-23-25-27-29-31-33-41-47-53(49-51-43-37-35-38-44-51,50-52-45-39-36-40-46-52)48-42-34-32-30-28-26-24-22-20-18-16-14-12-10-8-6-4-2/h23-26,35-40,43-46H,3-22,27-34,41-42,47-50H2,1-2H3/q+1/b25-23+,26-24+. The van der Waals surface area contributed by atoms with Gasteiger partial charge in [-0.1, -0.05) is 214 Å². The molecule has 0 aliphatic carbocycles. The average molecular weight is 727 g/mol. The molecule has 53 heavy (non-hydrogen) atoms. The molecule has 0 N–H and O–H groups in total. The first-order valence-electron chi connectivity index (χ1n) is 23.5. The van der Waals surface area contributed by atoms with Gasteiger partial charge in [0.05, 0.1) is 13.1 Å². The average Bonchev–Trinajstić information content (AvgIpc) is 3.18. The normalized spacial score (nSPS) is 12.1. The zero-order chi connectivity index (χ0) is 37.6. The summed E-state index contributed by atoms with van der Waals surface area (Å²) in [6.45, 7) is 9.50. The molecule has 1 nitrogen and oxygen atoms in total. The number of benzene rings is 2. The number of allylic oxidation sites excluding steroid dienone is 4. The van der Waals surface area contributed by atoms with Crippen LogP contribution in [0.15, 0.2) is 85.0 Å². The van der Waals surface area contributed by atoms with Gasteiger partial charge in [-0.15, -0.1) is 0 Å². The summed E-state index contributed by atoms with van der Waals surface area (Å²) < 4.78 is 1.20. The highest BCUT2D eigenvalue weighted by atomic mass is 15.3. The number of nitrogens with zero attached hydrogens (tertiary/aromatic N) is 1.